The maximum Gasteiger partial charge on any atom is 0.276 e. The van der Waals surface area contributed by atoms with Crippen molar-refractivity contribution in [3.63, 3.8) is 0 Å². The van der Waals surface area contributed by atoms with Gasteiger partial charge < -0.3 is 14.9 Å². The molecule has 7 heteroatoms. The molecule has 0 aliphatic carbocycles. The summed E-state index contributed by atoms with van der Waals surface area (Å²) in [5.74, 6) is -0.877. The van der Waals surface area contributed by atoms with Gasteiger partial charge >= 0.3 is 0 Å². The second-order valence-corrected chi connectivity index (χ2v) is 7.84. The molecule has 1 aliphatic rings. The third-order valence-electron chi connectivity index (χ3n) is 5.86. The Hall–Kier alpha value is -3.74. The number of carbonyl (C=O) groups is 2. The number of aromatic hydroxyl groups is 1. The molecule has 164 valence electrons. The van der Waals surface area contributed by atoms with Crippen LogP contribution in [0.2, 0.25) is 0 Å². The molecule has 1 aromatic carbocycles. The van der Waals surface area contributed by atoms with E-state index >= 15 is 0 Å². The van der Waals surface area contributed by atoms with Crippen LogP contribution >= 0.6 is 0 Å². The molecule has 2 amide bonds. The molecule has 0 unspecified atom stereocenters. The van der Waals surface area contributed by atoms with Gasteiger partial charge in [-0.3, -0.25) is 14.6 Å². The lowest BCUT2D eigenvalue weighted by molar-refractivity contribution is -0.134. The fourth-order valence-corrected chi connectivity index (χ4v) is 4.17. The van der Waals surface area contributed by atoms with Gasteiger partial charge in [0.05, 0.1) is 5.92 Å². The summed E-state index contributed by atoms with van der Waals surface area (Å²) in [4.78, 5) is 38.1. The first kappa shape index (κ1) is 21.5. The van der Waals surface area contributed by atoms with Crippen molar-refractivity contribution in [1.29, 1.82) is 0 Å². The molecule has 1 aliphatic heterocycles. The van der Waals surface area contributed by atoms with Gasteiger partial charge in [-0.15, -0.1) is 0 Å². The summed E-state index contributed by atoms with van der Waals surface area (Å²) in [6, 6.07) is 14.9. The van der Waals surface area contributed by atoms with Crippen molar-refractivity contribution in [2.24, 2.45) is 5.92 Å². The minimum absolute atomic E-state index is 0.0133. The summed E-state index contributed by atoms with van der Waals surface area (Å²) in [5.41, 5.74) is 3.06. The summed E-state index contributed by atoms with van der Waals surface area (Å²) < 4.78 is 0. The Morgan fingerprint density at radius 3 is 2.66 bits per heavy atom. The van der Waals surface area contributed by atoms with E-state index in [0.717, 1.165) is 16.7 Å². The highest BCUT2D eigenvalue weighted by Gasteiger charge is 2.33. The van der Waals surface area contributed by atoms with Crippen LogP contribution in [0.15, 0.2) is 67.1 Å². The third-order valence-corrected chi connectivity index (χ3v) is 5.86. The fraction of sp³-hybridized carbons (Fsp3) is 0.280. The monoisotopic (exact) mass is 430 g/mol. The van der Waals surface area contributed by atoms with Crippen molar-refractivity contribution < 1.29 is 14.7 Å². The molecule has 0 spiro atoms. The largest absolute Gasteiger partial charge is 0.505 e. The van der Waals surface area contributed by atoms with Crippen LogP contribution in [0.3, 0.4) is 0 Å². The zero-order valence-electron chi connectivity index (χ0n) is 18.0. The van der Waals surface area contributed by atoms with E-state index in [1.54, 1.807) is 22.1 Å². The third kappa shape index (κ3) is 4.46. The predicted molar refractivity (Wildman–Crippen MR) is 121 cm³/mol. The molecule has 0 radical (unpaired) electrons. The lowest BCUT2D eigenvalue weighted by atomic mass is 9.91. The first-order valence-corrected chi connectivity index (χ1v) is 10.8. The van der Waals surface area contributed by atoms with Gasteiger partial charge in [0.15, 0.2) is 5.69 Å². The molecule has 1 fully saturated rings. The summed E-state index contributed by atoms with van der Waals surface area (Å²) >= 11 is 0. The molecular weight excluding hydrogens is 404 g/mol. The minimum atomic E-state index is -0.398. The topological polar surface area (TPSA) is 86.6 Å². The SMILES string of the molecule is CCN1CCN(C(=O)c2ncccc2O)C[C@H](Cc2ccccc2-c2cccnc2)C1=O. The average molecular weight is 431 g/mol. The van der Waals surface area contributed by atoms with Gasteiger partial charge in [0, 0.05) is 50.3 Å². The van der Waals surface area contributed by atoms with Crippen LogP contribution in [0.5, 0.6) is 5.75 Å². The summed E-state index contributed by atoms with van der Waals surface area (Å²) in [7, 11) is 0. The molecule has 32 heavy (non-hydrogen) atoms. The molecule has 1 saturated heterocycles. The van der Waals surface area contributed by atoms with Gasteiger partial charge in [-0.05, 0) is 42.7 Å². The van der Waals surface area contributed by atoms with Gasteiger partial charge in [0.1, 0.15) is 5.75 Å². The summed E-state index contributed by atoms with van der Waals surface area (Å²) in [6.45, 7) is 3.65. The summed E-state index contributed by atoms with van der Waals surface area (Å²) in [5, 5.41) is 10.1. The van der Waals surface area contributed by atoms with Crippen LogP contribution in [-0.4, -0.2) is 62.9 Å². The van der Waals surface area contributed by atoms with Crippen molar-refractivity contribution >= 4 is 11.8 Å². The standard InChI is InChI=1S/C25H26N4O3/c1-2-28-13-14-29(25(32)23-22(30)10-6-12-27-23)17-20(24(28)31)15-18-7-3-4-9-21(18)19-8-5-11-26-16-19/h3-12,16,20,30H,2,13-15,17H2,1H3/t20-/m0/s1. The van der Waals surface area contributed by atoms with Crippen molar-refractivity contribution in [2.75, 3.05) is 26.2 Å². The molecule has 0 saturated carbocycles. The number of likely N-dealkylation sites (N-methyl/N-ethyl adjacent to an activating group) is 1. The molecule has 7 nitrogen and oxygen atoms in total. The number of amides is 2. The second-order valence-electron chi connectivity index (χ2n) is 7.84. The average Bonchev–Trinajstić information content (AvgIpc) is 2.98. The Balaban J connectivity index is 1.64. The molecule has 1 N–H and O–H groups in total. The van der Waals surface area contributed by atoms with E-state index in [1.165, 1.54) is 12.3 Å². The van der Waals surface area contributed by atoms with E-state index < -0.39 is 5.92 Å². The number of pyridine rings is 2. The number of hydrogen-bond donors (Lipinski definition) is 1. The Morgan fingerprint density at radius 2 is 1.91 bits per heavy atom. The van der Waals surface area contributed by atoms with E-state index in [4.69, 9.17) is 0 Å². The van der Waals surface area contributed by atoms with Crippen LogP contribution < -0.4 is 0 Å². The van der Waals surface area contributed by atoms with Crippen molar-refractivity contribution in [3.8, 4) is 16.9 Å². The molecule has 0 bridgehead atoms. The van der Waals surface area contributed by atoms with Crippen molar-refractivity contribution in [3.05, 3.63) is 78.4 Å². The molecular formula is C25H26N4O3. The lowest BCUT2D eigenvalue weighted by Crippen LogP contribution is -2.38. The quantitative estimate of drug-likeness (QED) is 0.672. The Morgan fingerprint density at radius 1 is 1.09 bits per heavy atom. The maximum absolute atomic E-state index is 13.3. The first-order chi connectivity index (χ1) is 15.6. The highest BCUT2D eigenvalue weighted by molar-refractivity contribution is 5.95. The highest BCUT2D eigenvalue weighted by atomic mass is 16.3. The molecule has 1 atom stereocenters. The zero-order chi connectivity index (χ0) is 22.5. The van der Waals surface area contributed by atoms with Crippen LogP contribution in [0.4, 0.5) is 0 Å². The number of aromatic nitrogens is 2. The first-order valence-electron chi connectivity index (χ1n) is 10.8. The molecule has 2 aromatic heterocycles. The zero-order valence-corrected chi connectivity index (χ0v) is 18.0. The minimum Gasteiger partial charge on any atom is -0.505 e. The molecule has 3 aromatic rings. The number of rotatable bonds is 5. The Kier molecular flexibility index (Phi) is 6.44. The van der Waals surface area contributed by atoms with Crippen molar-refractivity contribution in [1.82, 2.24) is 19.8 Å². The van der Waals surface area contributed by atoms with Gasteiger partial charge in [-0.25, -0.2) is 4.98 Å². The van der Waals surface area contributed by atoms with Gasteiger partial charge in [0.25, 0.3) is 5.91 Å². The van der Waals surface area contributed by atoms with E-state index in [9.17, 15) is 14.7 Å². The van der Waals surface area contributed by atoms with E-state index in [1.807, 2.05) is 49.5 Å². The van der Waals surface area contributed by atoms with Gasteiger partial charge in [-0.1, -0.05) is 30.3 Å². The van der Waals surface area contributed by atoms with Crippen molar-refractivity contribution in [2.45, 2.75) is 13.3 Å². The maximum atomic E-state index is 13.3. The van der Waals surface area contributed by atoms with Gasteiger partial charge in [-0.2, -0.15) is 0 Å². The van der Waals surface area contributed by atoms with E-state index in [-0.39, 0.29) is 29.8 Å². The van der Waals surface area contributed by atoms with Crippen LogP contribution in [0.1, 0.15) is 23.0 Å². The predicted octanol–water partition coefficient (Wildman–Crippen LogP) is 3.01. The fourth-order valence-electron chi connectivity index (χ4n) is 4.17. The van der Waals surface area contributed by atoms with Crippen LogP contribution in [-0.2, 0) is 11.2 Å². The van der Waals surface area contributed by atoms with E-state index in [2.05, 4.69) is 9.97 Å². The number of carbonyl (C=O) groups excluding carboxylic acids is 2. The van der Waals surface area contributed by atoms with E-state index in [0.29, 0.717) is 26.1 Å². The number of hydrogen-bond acceptors (Lipinski definition) is 5. The smallest absolute Gasteiger partial charge is 0.276 e. The Labute approximate surface area is 187 Å². The lowest BCUT2D eigenvalue weighted by Gasteiger charge is -2.24. The number of nitrogens with zero attached hydrogens (tertiary/aromatic N) is 4. The summed E-state index contributed by atoms with van der Waals surface area (Å²) in [6.07, 6.45) is 5.52. The Bertz CT molecular complexity index is 1100. The van der Waals surface area contributed by atoms with Gasteiger partial charge in [0.2, 0.25) is 5.91 Å². The molecule has 3 heterocycles. The number of benzene rings is 1. The van der Waals surface area contributed by atoms with Crippen LogP contribution in [0, 0.1) is 5.92 Å². The highest BCUT2D eigenvalue weighted by Crippen LogP contribution is 2.27. The molecule has 4 rings (SSSR count). The second kappa shape index (κ2) is 9.60. The normalized spacial score (nSPS) is 16.7. The van der Waals surface area contributed by atoms with Crippen LogP contribution in [0.25, 0.3) is 11.1 Å².